The highest BCUT2D eigenvalue weighted by Crippen LogP contribution is 2.23. The van der Waals surface area contributed by atoms with E-state index in [9.17, 15) is 17.6 Å². The van der Waals surface area contributed by atoms with Gasteiger partial charge in [0.15, 0.2) is 5.65 Å². The second-order valence-electron chi connectivity index (χ2n) is 6.81. The number of hydrogen-bond donors (Lipinski definition) is 2. The van der Waals surface area contributed by atoms with Gasteiger partial charge in [0.25, 0.3) is 15.9 Å². The Labute approximate surface area is 188 Å². The normalized spacial score (nSPS) is 11.4. The fourth-order valence-electron chi connectivity index (χ4n) is 3.02. The third kappa shape index (κ3) is 4.71. The summed E-state index contributed by atoms with van der Waals surface area (Å²) in [6, 6.07) is 14.2. The van der Waals surface area contributed by atoms with Crippen LogP contribution in [0.5, 0.6) is 0 Å². The van der Waals surface area contributed by atoms with Crippen LogP contribution in [0.3, 0.4) is 0 Å². The molecule has 0 bridgehead atoms. The molecule has 32 heavy (non-hydrogen) atoms. The highest BCUT2D eigenvalue weighted by molar-refractivity contribution is 7.92. The minimum atomic E-state index is -4.01. The number of amides is 1. The van der Waals surface area contributed by atoms with Gasteiger partial charge in [0.05, 0.1) is 15.5 Å². The van der Waals surface area contributed by atoms with Gasteiger partial charge in [0.2, 0.25) is 0 Å². The second kappa shape index (κ2) is 8.93. The summed E-state index contributed by atoms with van der Waals surface area (Å²) in [5, 5.41) is 11.0. The quantitative estimate of drug-likeness (QED) is 0.428. The molecule has 2 heterocycles. The first-order valence-corrected chi connectivity index (χ1v) is 11.3. The van der Waals surface area contributed by atoms with Crippen molar-refractivity contribution in [1.82, 2.24) is 19.9 Å². The van der Waals surface area contributed by atoms with Crippen LogP contribution in [0.2, 0.25) is 5.02 Å². The van der Waals surface area contributed by atoms with E-state index in [0.717, 1.165) is 12.1 Å². The van der Waals surface area contributed by atoms with Gasteiger partial charge in [-0.2, -0.15) is 0 Å². The minimum Gasteiger partial charge on any atom is -0.352 e. The number of fused-ring (bicyclic) bond motifs is 1. The fraction of sp³-hybridized carbons (Fsp3) is 0.0952. The van der Waals surface area contributed by atoms with Crippen LogP contribution in [0.25, 0.3) is 5.65 Å². The minimum absolute atomic E-state index is 0.0137. The van der Waals surface area contributed by atoms with Crippen molar-refractivity contribution in [3.63, 3.8) is 0 Å². The van der Waals surface area contributed by atoms with Crippen LogP contribution in [0.15, 0.2) is 71.8 Å². The summed E-state index contributed by atoms with van der Waals surface area (Å²) in [4.78, 5) is 12.5. The van der Waals surface area contributed by atoms with Crippen molar-refractivity contribution in [2.75, 3.05) is 11.3 Å². The zero-order chi connectivity index (χ0) is 22.7. The van der Waals surface area contributed by atoms with Crippen molar-refractivity contribution in [2.24, 2.45) is 0 Å². The predicted octanol–water partition coefficient (Wildman–Crippen LogP) is 3.30. The van der Waals surface area contributed by atoms with Crippen LogP contribution in [0, 0.1) is 5.82 Å². The van der Waals surface area contributed by atoms with Gasteiger partial charge in [-0.05, 0) is 54.6 Å². The first-order valence-electron chi connectivity index (χ1n) is 9.48. The highest BCUT2D eigenvalue weighted by atomic mass is 35.5. The molecular weight excluding hydrogens is 457 g/mol. The van der Waals surface area contributed by atoms with Crippen LogP contribution in [-0.4, -0.2) is 35.5 Å². The number of sulfonamides is 1. The molecule has 0 saturated heterocycles. The van der Waals surface area contributed by atoms with E-state index in [-0.39, 0.29) is 27.7 Å². The first kappa shape index (κ1) is 21.7. The van der Waals surface area contributed by atoms with Gasteiger partial charge in [0, 0.05) is 24.8 Å². The van der Waals surface area contributed by atoms with E-state index in [1.807, 2.05) is 28.8 Å². The van der Waals surface area contributed by atoms with Crippen molar-refractivity contribution in [2.45, 2.75) is 11.3 Å². The summed E-state index contributed by atoms with van der Waals surface area (Å²) < 4.78 is 42.5. The molecule has 4 rings (SSSR count). The van der Waals surface area contributed by atoms with Gasteiger partial charge in [-0.15, -0.1) is 10.2 Å². The molecule has 8 nitrogen and oxygen atoms in total. The Balaban J connectivity index is 1.46. The van der Waals surface area contributed by atoms with Crippen molar-refractivity contribution in [1.29, 1.82) is 0 Å². The molecule has 0 radical (unpaired) electrons. The Morgan fingerprint density at radius 1 is 1.06 bits per heavy atom. The maximum Gasteiger partial charge on any atom is 0.261 e. The number of halogens is 2. The maximum absolute atomic E-state index is 13.1. The van der Waals surface area contributed by atoms with Crippen LogP contribution in [0.1, 0.15) is 16.2 Å². The smallest absolute Gasteiger partial charge is 0.261 e. The standard InChI is InChI=1S/C21H17ClFN5O3S/c22-18-9-8-16(32(30,31)27-15-6-4-14(23)5-7-15)13-17(18)21(29)24-11-10-20-26-25-19-3-1-2-12-28(19)20/h1-9,12-13,27H,10-11H2,(H,24,29). The molecule has 0 saturated carbocycles. The molecular formula is C21H17ClFN5O3S. The van der Waals surface area contributed by atoms with E-state index in [4.69, 9.17) is 11.6 Å². The van der Waals surface area contributed by atoms with E-state index >= 15 is 0 Å². The van der Waals surface area contributed by atoms with Crippen LogP contribution in [0.4, 0.5) is 10.1 Å². The molecule has 1 amide bonds. The van der Waals surface area contributed by atoms with Crippen LogP contribution in [-0.2, 0) is 16.4 Å². The lowest BCUT2D eigenvalue weighted by atomic mass is 10.2. The van der Waals surface area contributed by atoms with Crippen molar-refractivity contribution >= 4 is 38.9 Å². The number of aromatic nitrogens is 3. The number of benzene rings is 2. The molecule has 0 fully saturated rings. The average molecular weight is 474 g/mol. The van der Waals surface area contributed by atoms with Gasteiger partial charge in [-0.25, -0.2) is 12.8 Å². The molecule has 0 unspecified atom stereocenters. The maximum atomic E-state index is 13.1. The first-order chi connectivity index (χ1) is 15.3. The molecule has 0 aliphatic carbocycles. The van der Waals surface area contributed by atoms with Gasteiger partial charge < -0.3 is 5.32 Å². The monoisotopic (exact) mass is 473 g/mol. The lowest BCUT2D eigenvalue weighted by molar-refractivity contribution is 0.0954. The van der Waals surface area contributed by atoms with Gasteiger partial charge in [0.1, 0.15) is 11.6 Å². The summed E-state index contributed by atoms with van der Waals surface area (Å²) in [7, 11) is -4.01. The topological polar surface area (TPSA) is 105 Å². The number of anilines is 1. The molecule has 164 valence electrons. The number of nitrogens with zero attached hydrogens (tertiary/aromatic N) is 3. The predicted molar refractivity (Wildman–Crippen MR) is 118 cm³/mol. The van der Waals surface area contributed by atoms with Crippen molar-refractivity contribution in [3.8, 4) is 0 Å². The summed E-state index contributed by atoms with van der Waals surface area (Å²) >= 11 is 6.13. The number of pyridine rings is 1. The molecule has 11 heteroatoms. The Kier molecular flexibility index (Phi) is 6.06. The average Bonchev–Trinajstić information content (AvgIpc) is 3.18. The summed E-state index contributed by atoms with van der Waals surface area (Å²) in [6.45, 7) is 0.246. The van der Waals surface area contributed by atoms with Crippen LogP contribution >= 0.6 is 11.6 Å². The molecule has 0 aliphatic rings. The molecule has 0 spiro atoms. The van der Waals surface area contributed by atoms with E-state index in [0.29, 0.717) is 17.9 Å². The Morgan fingerprint density at radius 3 is 2.62 bits per heavy atom. The van der Waals surface area contributed by atoms with E-state index < -0.39 is 21.7 Å². The lowest BCUT2D eigenvalue weighted by Gasteiger charge is -2.11. The Morgan fingerprint density at radius 2 is 1.84 bits per heavy atom. The van der Waals surface area contributed by atoms with Crippen molar-refractivity contribution < 1.29 is 17.6 Å². The largest absolute Gasteiger partial charge is 0.352 e. The molecule has 4 aromatic rings. The van der Waals surface area contributed by atoms with E-state index in [1.54, 1.807) is 0 Å². The zero-order valence-electron chi connectivity index (χ0n) is 16.5. The third-order valence-corrected chi connectivity index (χ3v) is 6.32. The summed E-state index contributed by atoms with van der Waals surface area (Å²) in [6.07, 6.45) is 2.24. The summed E-state index contributed by atoms with van der Waals surface area (Å²) in [5.41, 5.74) is 0.899. The molecule has 2 aromatic carbocycles. The van der Waals surface area contributed by atoms with Gasteiger partial charge >= 0.3 is 0 Å². The second-order valence-corrected chi connectivity index (χ2v) is 8.89. The molecule has 2 aromatic heterocycles. The number of nitrogens with one attached hydrogen (secondary N) is 2. The van der Waals surface area contributed by atoms with Gasteiger partial charge in [-0.3, -0.25) is 13.9 Å². The molecule has 0 atom stereocenters. The van der Waals surface area contributed by atoms with E-state index in [1.165, 1.54) is 30.3 Å². The SMILES string of the molecule is O=C(NCCc1nnc2ccccn12)c1cc(S(=O)(=O)Nc2ccc(F)cc2)ccc1Cl. The number of hydrogen-bond acceptors (Lipinski definition) is 5. The number of rotatable bonds is 7. The molecule has 0 aliphatic heterocycles. The fourth-order valence-corrected chi connectivity index (χ4v) is 4.31. The Hall–Kier alpha value is -3.50. The zero-order valence-corrected chi connectivity index (χ0v) is 18.1. The third-order valence-electron chi connectivity index (χ3n) is 4.61. The van der Waals surface area contributed by atoms with Crippen molar-refractivity contribution in [3.05, 3.63) is 89.1 Å². The summed E-state index contributed by atoms with van der Waals surface area (Å²) in [5.74, 6) is -0.341. The highest BCUT2D eigenvalue weighted by Gasteiger charge is 2.19. The Bertz CT molecular complexity index is 1390. The molecule has 2 N–H and O–H groups in total. The van der Waals surface area contributed by atoms with Gasteiger partial charge in [-0.1, -0.05) is 17.7 Å². The van der Waals surface area contributed by atoms with E-state index in [2.05, 4.69) is 20.2 Å². The lowest BCUT2D eigenvalue weighted by Crippen LogP contribution is -2.27. The number of carbonyl (C=O) groups is 1. The number of carbonyl (C=O) groups excluding carboxylic acids is 1. The van der Waals surface area contributed by atoms with Crippen LogP contribution < -0.4 is 10.0 Å².